The van der Waals surface area contributed by atoms with Gasteiger partial charge in [-0.25, -0.2) is 0 Å². The van der Waals surface area contributed by atoms with Gasteiger partial charge in [-0.3, -0.25) is 9.59 Å². The molecule has 4 heteroatoms. The van der Waals surface area contributed by atoms with Crippen LogP contribution >= 0.6 is 15.9 Å². The average Bonchev–Trinajstić information content (AvgIpc) is 2.58. The van der Waals surface area contributed by atoms with E-state index in [4.69, 9.17) is 0 Å². The second-order valence-electron chi connectivity index (χ2n) is 3.96. The van der Waals surface area contributed by atoms with Crippen molar-refractivity contribution in [3.63, 3.8) is 0 Å². The Hall–Kier alpha value is -1.16. The molecule has 1 aromatic carbocycles. The molecule has 84 valence electrons. The minimum atomic E-state index is -0.0691. The summed E-state index contributed by atoms with van der Waals surface area (Å²) in [4.78, 5) is 24.4. The van der Waals surface area contributed by atoms with Crippen molar-refractivity contribution in [3.8, 4) is 0 Å². The summed E-state index contributed by atoms with van der Waals surface area (Å²) in [6.07, 6.45) is 0.0564. The Kier molecular flexibility index (Phi) is 3.10. The summed E-state index contributed by atoms with van der Waals surface area (Å²) in [7, 11) is 0. The van der Waals surface area contributed by atoms with Crippen LogP contribution in [0.2, 0.25) is 0 Å². The molecule has 0 bridgehead atoms. The van der Waals surface area contributed by atoms with Gasteiger partial charge in [-0.2, -0.15) is 0 Å². The van der Waals surface area contributed by atoms with Crippen molar-refractivity contribution in [1.29, 1.82) is 0 Å². The molecule has 1 amide bonds. The fourth-order valence-electron chi connectivity index (χ4n) is 1.88. The van der Waals surface area contributed by atoms with E-state index >= 15 is 0 Å². The normalized spacial score (nSPS) is 18.0. The highest BCUT2D eigenvalue weighted by Gasteiger charge is 2.31. The van der Waals surface area contributed by atoms with Crippen LogP contribution in [0, 0.1) is 0 Å². The molecular formula is C12H12BrNO2. The smallest absolute Gasteiger partial charge is 0.230 e. The van der Waals surface area contributed by atoms with Crippen LogP contribution in [-0.4, -0.2) is 23.1 Å². The fourth-order valence-corrected chi connectivity index (χ4v) is 2.14. The Morgan fingerprint density at radius 2 is 1.88 bits per heavy atom. The first-order valence-corrected chi connectivity index (χ1v) is 5.94. The van der Waals surface area contributed by atoms with Crippen molar-refractivity contribution >= 4 is 27.6 Å². The maximum atomic E-state index is 11.6. The number of nitrogens with zero attached hydrogens (tertiary/aromatic N) is 1. The number of carbonyl (C=O) groups excluding carboxylic acids is 2. The maximum Gasteiger partial charge on any atom is 0.230 e. The van der Waals surface area contributed by atoms with Gasteiger partial charge in [0.25, 0.3) is 0 Å². The third-order valence-electron chi connectivity index (χ3n) is 2.84. The van der Waals surface area contributed by atoms with Gasteiger partial charge in [-0.05, 0) is 24.6 Å². The van der Waals surface area contributed by atoms with Crippen LogP contribution in [0.5, 0.6) is 0 Å². The zero-order valence-electron chi connectivity index (χ0n) is 8.94. The molecule has 3 nitrogen and oxygen atoms in total. The molecule has 1 saturated heterocycles. The standard InChI is InChI=1S/C12H12BrNO2/c1-8(9-2-4-10(13)5-3-9)14-7-11(15)6-12(14)16/h2-5,8H,6-7H2,1H3/t8-/m0/s1. The molecule has 0 spiro atoms. The highest BCUT2D eigenvalue weighted by molar-refractivity contribution is 9.10. The molecule has 1 aliphatic heterocycles. The van der Waals surface area contributed by atoms with Crippen molar-refractivity contribution < 1.29 is 9.59 Å². The topological polar surface area (TPSA) is 37.4 Å². The van der Waals surface area contributed by atoms with Crippen molar-refractivity contribution in [2.45, 2.75) is 19.4 Å². The third-order valence-corrected chi connectivity index (χ3v) is 3.36. The number of halogens is 1. The van der Waals surface area contributed by atoms with Gasteiger partial charge >= 0.3 is 0 Å². The SMILES string of the molecule is C[C@@H](c1ccc(Br)cc1)N1CC(=O)CC1=O. The van der Waals surface area contributed by atoms with Crippen molar-refractivity contribution in [3.05, 3.63) is 34.3 Å². The molecule has 1 aliphatic rings. The minimum Gasteiger partial charge on any atom is -0.328 e. The molecule has 1 heterocycles. The monoisotopic (exact) mass is 281 g/mol. The molecular weight excluding hydrogens is 270 g/mol. The lowest BCUT2D eigenvalue weighted by Crippen LogP contribution is -2.28. The zero-order chi connectivity index (χ0) is 11.7. The summed E-state index contributed by atoms with van der Waals surface area (Å²) in [5.74, 6) is -0.0608. The highest BCUT2D eigenvalue weighted by atomic mass is 79.9. The Labute approximate surface area is 103 Å². The van der Waals surface area contributed by atoms with Crippen molar-refractivity contribution in [1.82, 2.24) is 4.90 Å². The van der Waals surface area contributed by atoms with Gasteiger partial charge in [0.1, 0.15) is 0 Å². The number of Topliss-reactive ketones (excluding diaryl/α,β-unsaturated/α-hetero) is 1. The first-order chi connectivity index (χ1) is 7.58. The Morgan fingerprint density at radius 1 is 1.25 bits per heavy atom. The number of hydrogen-bond acceptors (Lipinski definition) is 2. The largest absolute Gasteiger partial charge is 0.328 e. The number of carbonyl (C=O) groups is 2. The van der Waals surface area contributed by atoms with Gasteiger partial charge in [0, 0.05) is 4.47 Å². The molecule has 16 heavy (non-hydrogen) atoms. The molecule has 1 fully saturated rings. The van der Waals surface area contributed by atoms with Gasteiger partial charge in [0.2, 0.25) is 5.91 Å². The minimum absolute atomic E-state index is 0.00830. The number of likely N-dealkylation sites (tertiary alicyclic amines) is 1. The number of benzene rings is 1. The second-order valence-corrected chi connectivity index (χ2v) is 4.88. The van der Waals surface area contributed by atoms with Gasteiger partial charge < -0.3 is 4.90 Å². The van der Waals surface area contributed by atoms with Gasteiger partial charge in [0.15, 0.2) is 5.78 Å². The zero-order valence-corrected chi connectivity index (χ0v) is 10.5. The summed E-state index contributed by atoms with van der Waals surface area (Å²) in [5.41, 5.74) is 1.05. The van der Waals surface area contributed by atoms with Gasteiger partial charge in [-0.15, -0.1) is 0 Å². The Morgan fingerprint density at radius 3 is 2.38 bits per heavy atom. The Bertz CT molecular complexity index is 427. The van der Waals surface area contributed by atoms with E-state index in [0.717, 1.165) is 10.0 Å². The number of hydrogen-bond donors (Lipinski definition) is 0. The van der Waals surface area contributed by atoms with E-state index in [2.05, 4.69) is 15.9 Å². The first kappa shape index (κ1) is 11.3. The summed E-state index contributed by atoms with van der Waals surface area (Å²) < 4.78 is 1.01. The summed E-state index contributed by atoms with van der Waals surface area (Å²) in [5, 5.41) is 0. The van der Waals surface area contributed by atoms with Crippen LogP contribution in [0.25, 0.3) is 0 Å². The summed E-state index contributed by atoms with van der Waals surface area (Å²) >= 11 is 3.36. The van der Waals surface area contributed by atoms with Crippen LogP contribution < -0.4 is 0 Å². The molecule has 0 N–H and O–H groups in total. The van der Waals surface area contributed by atoms with Gasteiger partial charge in [-0.1, -0.05) is 28.1 Å². The highest BCUT2D eigenvalue weighted by Crippen LogP contribution is 2.25. The van der Waals surface area contributed by atoms with E-state index in [9.17, 15) is 9.59 Å². The number of amides is 1. The van der Waals surface area contributed by atoms with Crippen LogP contribution in [0.4, 0.5) is 0 Å². The lowest BCUT2D eigenvalue weighted by atomic mass is 10.1. The molecule has 2 rings (SSSR count). The van der Waals surface area contributed by atoms with E-state index in [0.29, 0.717) is 0 Å². The second kappa shape index (κ2) is 4.37. The van der Waals surface area contributed by atoms with Crippen LogP contribution in [0.15, 0.2) is 28.7 Å². The van der Waals surface area contributed by atoms with E-state index in [1.807, 2.05) is 31.2 Å². The number of ketones is 1. The first-order valence-electron chi connectivity index (χ1n) is 5.14. The van der Waals surface area contributed by atoms with Gasteiger partial charge in [0.05, 0.1) is 19.0 Å². The molecule has 0 aliphatic carbocycles. The van der Waals surface area contributed by atoms with Crippen LogP contribution in [0.3, 0.4) is 0 Å². The van der Waals surface area contributed by atoms with Crippen LogP contribution in [0.1, 0.15) is 24.9 Å². The molecule has 0 saturated carbocycles. The summed E-state index contributed by atoms with van der Waals surface area (Å²) in [6, 6.07) is 7.77. The van der Waals surface area contributed by atoms with E-state index in [1.54, 1.807) is 4.90 Å². The molecule has 1 atom stereocenters. The molecule has 0 aromatic heterocycles. The quantitative estimate of drug-likeness (QED) is 0.781. The third kappa shape index (κ3) is 2.16. The molecule has 1 aromatic rings. The molecule has 0 unspecified atom stereocenters. The van der Waals surface area contributed by atoms with Crippen molar-refractivity contribution in [2.24, 2.45) is 0 Å². The van der Waals surface area contributed by atoms with E-state index in [-0.39, 0.29) is 30.7 Å². The van der Waals surface area contributed by atoms with E-state index in [1.165, 1.54) is 0 Å². The number of rotatable bonds is 2. The summed E-state index contributed by atoms with van der Waals surface area (Å²) in [6.45, 7) is 2.19. The fraction of sp³-hybridized carbons (Fsp3) is 0.333. The maximum absolute atomic E-state index is 11.6. The van der Waals surface area contributed by atoms with E-state index < -0.39 is 0 Å². The van der Waals surface area contributed by atoms with Crippen molar-refractivity contribution in [2.75, 3.05) is 6.54 Å². The van der Waals surface area contributed by atoms with Crippen LogP contribution in [-0.2, 0) is 9.59 Å². The Balaban J connectivity index is 2.19. The predicted octanol–water partition coefficient (Wildman–Crippen LogP) is 2.31. The lowest BCUT2D eigenvalue weighted by Gasteiger charge is -2.23. The lowest BCUT2D eigenvalue weighted by molar-refractivity contribution is -0.129. The predicted molar refractivity (Wildman–Crippen MR) is 63.9 cm³/mol. The average molecular weight is 282 g/mol. The molecule has 0 radical (unpaired) electrons.